The molecule has 0 spiro atoms. The second kappa shape index (κ2) is 8.90. The van der Waals surface area contributed by atoms with Gasteiger partial charge < -0.3 is 9.42 Å². The highest BCUT2D eigenvalue weighted by Gasteiger charge is 2.22. The fraction of sp³-hybridized carbons (Fsp3) is 0.333. The summed E-state index contributed by atoms with van der Waals surface area (Å²) in [5, 5.41) is 12.0. The molecule has 4 aromatic rings. The summed E-state index contributed by atoms with van der Waals surface area (Å²) in [6.45, 7) is 6.45. The van der Waals surface area contributed by atoms with E-state index in [-0.39, 0.29) is 17.6 Å². The van der Waals surface area contributed by atoms with E-state index in [2.05, 4.69) is 20.3 Å². The van der Waals surface area contributed by atoms with Crippen LogP contribution in [0, 0.1) is 12.7 Å². The van der Waals surface area contributed by atoms with Crippen LogP contribution in [0.1, 0.15) is 53.6 Å². The first-order valence-corrected chi connectivity index (χ1v) is 10.7. The molecule has 0 aliphatic rings. The number of benzene rings is 1. The average molecular weight is 436 g/mol. The number of nitrogens with zero attached hydrogens (tertiary/aromatic N) is 4. The smallest absolute Gasteiger partial charge is 0.259 e. The lowest BCUT2D eigenvalue weighted by atomic mass is 10.0. The average Bonchev–Trinajstić information content (AvgIpc) is 3.40. The van der Waals surface area contributed by atoms with Gasteiger partial charge in [-0.25, -0.2) is 9.37 Å². The first kappa shape index (κ1) is 21.7. The molecule has 1 amide bonds. The van der Waals surface area contributed by atoms with Crippen LogP contribution in [0.3, 0.4) is 0 Å². The molecule has 0 bridgehead atoms. The molecule has 0 saturated carbocycles. The van der Waals surface area contributed by atoms with Crippen molar-refractivity contribution in [3.05, 3.63) is 64.9 Å². The van der Waals surface area contributed by atoms with Crippen LogP contribution in [0.25, 0.3) is 22.4 Å². The first-order chi connectivity index (χ1) is 15.3. The monoisotopic (exact) mass is 435 g/mol. The number of hydrogen-bond donors (Lipinski definition) is 1. The molecule has 0 aliphatic heterocycles. The topological polar surface area (TPSA) is 87.9 Å². The Labute approximate surface area is 185 Å². The highest BCUT2D eigenvalue weighted by Crippen LogP contribution is 2.26. The highest BCUT2D eigenvalue weighted by molar-refractivity contribution is 6.05. The third-order valence-corrected chi connectivity index (χ3v) is 5.52. The van der Waals surface area contributed by atoms with Crippen LogP contribution in [-0.4, -0.2) is 44.7 Å². The lowest BCUT2D eigenvalue weighted by Crippen LogP contribution is -2.28. The summed E-state index contributed by atoms with van der Waals surface area (Å²) in [7, 11) is 1.80. The summed E-state index contributed by atoms with van der Waals surface area (Å²) in [6, 6.07) is 10.0. The summed E-state index contributed by atoms with van der Waals surface area (Å²) in [6.07, 6.45) is 1.50. The minimum Gasteiger partial charge on any atom is -0.342 e. The van der Waals surface area contributed by atoms with Crippen LogP contribution < -0.4 is 0 Å². The minimum absolute atomic E-state index is 0.0813. The van der Waals surface area contributed by atoms with E-state index in [1.165, 1.54) is 12.1 Å². The number of nitrogens with one attached hydrogen (secondary N) is 1. The van der Waals surface area contributed by atoms with Gasteiger partial charge in [0.15, 0.2) is 0 Å². The summed E-state index contributed by atoms with van der Waals surface area (Å²) in [4.78, 5) is 19.4. The Bertz CT molecular complexity index is 1240. The number of aromatic amines is 1. The maximum Gasteiger partial charge on any atom is 0.259 e. The van der Waals surface area contributed by atoms with Gasteiger partial charge in [-0.1, -0.05) is 19.0 Å². The molecule has 0 saturated heterocycles. The molecule has 7 nitrogen and oxygen atoms in total. The summed E-state index contributed by atoms with van der Waals surface area (Å²) in [5.41, 5.74) is 5.02. The van der Waals surface area contributed by atoms with Crippen molar-refractivity contribution in [3.8, 4) is 11.3 Å². The summed E-state index contributed by atoms with van der Waals surface area (Å²) < 4.78 is 18.4. The van der Waals surface area contributed by atoms with Gasteiger partial charge in [-0.15, -0.1) is 0 Å². The molecule has 0 aliphatic carbocycles. The molecule has 3 heterocycles. The Morgan fingerprint density at radius 2 is 1.97 bits per heavy atom. The third kappa shape index (κ3) is 4.39. The number of fused-ring (bicyclic) bond motifs is 1. The van der Waals surface area contributed by atoms with E-state index in [1.807, 2.05) is 32.9 Å². The van der Waals surface area contributed by atoms with E-state index in [0.29, 0.717) is 28.9 Å². The zero-order valence-corrected chi connectivity index (χ0v) is 18.6. The maximum atomic E-state index is 13.2. The molecule has 1 aromatic carbocycles. The van der Waals surface area contributed by atoms with Gasteiger partial charge >= 0.3 is 0 Å². The number of carbonyl (C=O) groups excluding carboxylic acids is 1. The number of rotatable bonds is 7. The van der Waals surface area contributed by atoms with Gasteiger partial charge in [0.1, 0.15) is 5.82 Å². The van der Waals surface area contributed by atoms with E-state index < -0.39 is 0 Å². The number of hydrogen-bond acceptors (Lipinski definition) is 5. The van der Waals surface area contributed by atoms with Crippen molar-refractivity contribution < 1.29 is 13.7 Å². The molecule has 4 rings (SSSR count). The number of carbonyl (C=O) groups is 1. The van der Waals surface area contributed by atoms with E-state index in [9.17, 15) is 9.18 Å². The highest BCUT2D eigenvalue weighted by atomic mass is 19.1. The minimum atomic E-state index is -0.273. The van der Waals surface area contributed by atoms with Crippen molar-refractivity contribution in [2.75, 3.05) is 13.6 Å². The molecule has 0 atom stereocenters. The summed E-state index contributed by atoms with van der Waals surface area (Å²) >= 11 is 0. The zero-order chi connectivity index (χ0) is 22.8. The van der Waals surface area contributed by atoms with E-state index in [4.69, 9.17) is 4.52 Å². The third-order valence-electron chi connectivity index (χ3n) is 5.52. The molecule has 3 aromatic heterocycles. The number of H-pyrrole nitrogens is 1. The predicted octanol–water partition coefficient (Wildman–Crippen LogP) is 4.89. The van der Waals surface area contributed by atoms with Crippen molar-refractivity contribution in [2.45, 2.75) is 39.5 Å². The van der Waals surface area contributed by atoms with Crippen molar-refractivity contribution >= 4 is 17.0 Å². The predicted molar refractivity (Wildman–Crippen MR) is 120 cm³/mol. The van der Waals surface area contributed by atoms with Crippen molar-refractivity contribution in [1.82, 2.24) is 25.2 Å². The molecular formula is C24H26FN5O2. The maximum absolute atomic E-state index is 13.2. The number of amides is 1. The molecule has 32 heavy (non-hydrogen) atoms. The molecule has 1 N–H and O–H groups in total. The van der Waals surface area contributed by atoms with Crippen LogP contribution >= 0.6 is 0 Å². The lowest BCUT2D eigenvalue weighted by molar-refractivity contribution is 0.0795. The lowest BCUT2D eigenvalue weighted by Gasteiger charge is -2.18. The van der Waals surface area contributed by atoms with Crippen LogP contribution in [0.15, 0.2) is 40.9 Å². The Kier molecular flexibility index (Phi) is 6.03. The van der Waals surface area contributed by atoms with Crippen LogP contribution in [0.5, 0.6) is 0 Å². The van der Waals surface area contributed by atoms with Crippen molar-refractivity contribution in [1.29, 1.82) is 0 Å². The van der Waals surface area contributed by atoms with Crippen LogP contribution in [0.4, 0.5) is 4.39 Å². The number of aryl methyl sites for hydroxylation is 2. The van der Waals surface area contributed by atoms with Gasteiger partial charge in [-0.2, -0.15) is 5.10 Å². The van der Waals surface area contributed by atoms with Gasteiger partial charge in [-0.3, -0.25) is 9.89 Å². The molecule has 8 heteroatoms. The van der Waals surface area contributed by atoms with Gasteiger partial charge in [0.05, 0.1) is 22.3 Å². The van der Waals surface area contributed by atoms with Crippen molar-refractivity contribution in [3.63, 3.8) is 0 Å². The Morgan fingerprint density at radius 3 is 2.69 bits per heavy atom. The standard InChI is InChI=1S/C24H26FN5O2/c1-14(2)20-13-19(22-15(3)29-32-23(22)26-20)24(31)30(4)11-5-6-18-12-21(28-27-18)16-7-9-17(25)10-8-16/h7-10,12-14H,5-6,11H2,1-4H3,(H,27,28). The normalized spacial score (nSPS) is 11.4. The second-order valence-electron chi connectivity index (χ2n) is 8.31. The summed E-state index contributed by atoms with van der Waals surface area (Å²) in [5.74, 6) is -0.190. The molecule has 0 fully saturated rings. The zero-order valence-electron chi connectivity index (χ0n) is 18.6. The number of halogens is 1. The van der Waals surface area contributed by atoms with Crippen LogP contribution in [0.2, 0.25) is 0 Å². The van der Waals surface area contributed by atoms with E-state index in [0.717, 1.165) is 35.5 Å². The van der Waals surface area contributed by atoms with E-state index in [1.54, 1.807) is 24.1 Å². The Morgan fingerprint density at radius 1 is 1.22 bits per heavy atom. The SMILES string of the molecule is Cc1noc2nc(C(C)C)cc(C(=O)N(C)CCCc3cc(-c4ccc(F)cc4)n[nH]3)c12. The Hall–Kier alpha value is -3.55. The largest absolute Gasteiger partial charge is 0.342 e. The van der Waals surface area contributed by atoms with Crippen molar-refractivity contribution in [2.24, 2.45) is 0 Å². The number of aromatic nitrogens is 4. The first-order valence-electron chi connectivity index (χ1n) is 10.7. The quantitative estimate of drug-likeness (QED) is 0.447. The second-order valence-corrected chi connectivity index (χ2v) is 8.31. The fourth-order valence-corrected chi connectivity index (χ4v) is 3.65. The van der Waals surface area contributed by atoms with Gasteiger partial charge in [0.2, 0.25) is 0 Å². The molecule has 0 unspecified atom stereocenters. The Balaban J connectivity index is 1.43. The van der Waals surface area contributed by atoms with E-state index >= 15 is 0 Å². The van der Waals surface area contributed by atoms with Gasteiger partial charge in [0.25, 0.3) is 11.6 Å². The van der Waals surface area contributed by atoms with Gasteiger partial charge in [-0.05, 0) is 62.1 Å². The van der Waals surface area contributed by atoms with Crippen LogP contribution in [-0.2, 0) is 6.42 Å². The number of pyridine rings is 1. The molecular weight excluding hydrogens is 409 g/mol. The van der Waals surface area contributed by atoms with Gasteiger partial charge in [0, 0.05) is 30.5 Å². The molecule has 0 radical (unpaired) electrons. The fourth-order valence-electron chi connectivity index (χ4n) is 3.65. The molecule has 166 valence electrons.